The fourth-order valence-electron chi connectivity index (χ4n) is 3.05. The zero-order valence-electron chi connectivity index (χ0n) is 15.7. The maximum atomic E-state index is 12.2. The van der Waals surface area contributed by atoms with Crippen molar-refractivity contribution in [3.8, 4) is 0 Å². The van der Waals surface area contributed by atoms with E-state index in [0.29, 0.717) is 6.54 Å². The molecule has 7 heteroatoms. The first-order valence-electron chi connectivity index (χ1n) is 9.36. The average Bonchev–Trinajstić information content (AvgIpc) is 3.38. The van der Waals surface area contributed by atoms with Gasteiger partial charge in [0.2, 0.25) is 0 Å². The van der Waals surface area contributed by atoms with Crippen molar-refractivity contribution in [3.63, 3.8) is 0 Å². The van der Waals surface area contributed by atoms with Gasteiger partial charge in [-0.1, -0.05) is 18.2 Å². The van der Waals surface area contributed by atoms with E-state index >= 15 is 0 Å². The van der Waals surface area contributed by atoms with Gasteiger partial charge in [0, 0.05) is 43.8 Å². The molecule has 1 aromatic heterocycles. The van der Waals surface area contributed by atoms with Crippen LogP contribution in [0.3, 0.4) is 0 Å². The molecular formula is C20H27N5OS. The summed E-state index contributed by atoms with van der Waals surface area (Å²) in [6, 6.07) is 12.1. The van der Waals surface area contributed by atoms with Crippen LogP contribution in [0.2, 0.25) is 0 Å². The molecule has 0 aliphatic carbocycles. The van der Waals surface area contributed by atoms with Crippen molar-refractivity contribution >= 4 is 29.0 Å². The zero-order chi connectivity index (χ0) is 18.9. The van der Waals surface area contributed by atoms with Gasteiger partial charge in [0.25, 0.3) is 0 Å². The number of hydrogen-bond acceptors (Lipinski definition) is 3. The summed E-state index contributed by atoms with van der Waals surface area (Å²) in [7, 11) is 1.77. The molecule has 1 saturated heterocycles. The fraction of sp³-hybridized carbons (Fsp3) is 0.400. The number of amides is 2. The van der Waals surface area contributed by atoms with Crippen LogP contribution in [-0.2, 0) is 13.0 Å². The van der Waals surface area contributed by atoms with Crippen molar-refractivity contribution in [1.29, 1.82) is 0 Å². The molecule has 2 aromatic rings. The van der Waals surface area contributed by atoms with E-state index in [1.165, 1.54) is 4.88 Å². The third-order valence-electron chi connectivity index (χ3n) is 4.50. The topological polar surface area (TPSA) is 68.8 Å². The number of nitrogens with zero attached hydrogens (tertiary/aromatic N) is 2. The number of benzene rings is 1. The molecule has 0 spiro atoms. The van der Waals surface area contributed by atoms with Gasteiger partial charge in [-0.15, -0.1) is 11.3 Å². The predicted octanol–water partition coefficient (Wildman–Crippen LogP) is 3.28. The lowest BCUT2D eigenvalue weighted by Crippen LogP contribution is -2.37. The Labute approximate surface area is 164 Å². The molecule has 0 radical (unpaired) electrons. The minimum atomic E-state index is -0.0105. The summed E-state index contributed by atoms with van der Waals surface area (Å²) in [6.45, 7) is 3.18. The van der Waals surface area contributed by atoms with Crippen molar-refractivity contribution in [2.24, 2.45) is 4.99 Å². The van der Waals surface area contributed by atoms with E-state index in [1.807, 2.05) is 29.2 Å². The highest BCUT2D eigenvalue weighted by atomic mass is 32.1. The van der Waals surface area contributed by atoms with E-state index in [-0.39, 0.29) is 6.03 Å². The highest BCUT2D eigenvalue weighted by molar-refractivity contribution is 7.09. The summed E-state index contributed by atoms with van der Waals surface area (Å²) in [6.07, 6.45) is 3.17. The van der Waals surface area contributed by atoms with Crippen LogP contribution >= 0.6 is 11.3 Å². The SMILES string of the molecule is CN=C(NCCc1cccs1)NCc1cccc(NC(=O)N2CCCC2)c1. The lowest BCUT2D eigenvalue weighted by Gasteiger charge is -2.17. The fourth-order valence-corrected chi connectivity index (χ4v) is 3.76. The Bertz CT molecular complexity index is 753. The number of rotatable bonds is 6. The van der Waals surface area contributed by atoms with Crippen molar-refractivity contribution < 1.29 is 4.79 Å². The van der Waals surface area contributed by atoms with Gasteiger partial charge in [0.05, 0.1) is 0 Å². The van der Waals surface area contributed by atoms with Gasteiger partial charge in [-0.3, -0.25) is 4.99 Å². The largest absolute Gasteiger partial charge is 0.356 e. The van der Waals surface area contributed by atoms with Crippen LogP contribution in [0.5, 0.6) is 0 Å². The molecule has 1 aliphatic rings. The van der Waals surface area contributed by atoms with E-state index in [1.54, 1.807) is 18.4 Å². The second-order valence-corrected chi connectivity index (χ2v) is 7.54. The number of guanidine groups is 1. The summed E-state index contributed by atoms with van der Waals surface area (Å²) in [4.78, 5) is 19.7. The molecule has 27 heavy (non-hydrogen) atoms. The normalized spacial score (nSPS) is 14.3. The summed E-state index contributed by atoms with van der Waals surface area (Å²) in [5.41, 5.74) is 1.92. The second kappa shape index (κ2) is 9.97. The van der Waals surface area contributed by atoms with Gasteiger partial charge in [-0.25, -0.2) is 4.79 Å². The van der Waals surface area contributed by atoms with E-state index in [9.17, 15) is 4.79 Å². The molecular weight excluding hydrogens is 358 g/mol. The number of anilines is 1. The lowest BCUT2D eigenvalue weighted by molar-refractivity contribution is 0.222. The highest BCUT2D eigenvalue weighted by Gasteiger charge is 2.17. The maximum absolute atomic E-state index is 12.2. The molecule has 1 aromatic carbocycles. The lowest BCUT2D eigenvalue weighted by atomic mass is 10.2. The van der Waals surface area contributed by atoms with Gasteiger partial charge in [-0.2, -0.15) is 0 Å². The molecule has 0 bridgehead atoms. The van der Waals surface area contributed by atoms with Gasteiger partial charge >= 0.3 is 6.03 Å². The number of thiophene rings is 1. The first-order valence-corrected chi connectivity index (χ1v) is 10.2. The molecule has 3 N–H and O–H groups in total. The van der Waals surface area contributed by atoms with Crippen LogP contribution in [-0.4, -0.2) is 43.6 Å². The summed E-state index contributed by atoms with van der Waals surface area (Å²) in [5, 5.41) is 11.7. The van der Waals surface area contributed by atoms with Gasteiger partial charge in [-0.05, 0) is 48.4 Å². The number of nitrogens with one attached hydrogen (secondary N) is 3. The van der Waals surface area contributed by atoms with Crippen LogP contribution in [0, 0.1) is 0 Å². The highest BCUT2D eigenvalue weighted by Crippen LogP contribution is 2.14. The number of aliphatic imine (C=N–C) groups is 1. The van der Waals surface area contributed by atoms with Crippen LogP contribution in [0.1, 0.15) is 23.3 Å². The number of carbonyl (C=O) groups is 1. The van der Waals surface area contributed by atoms with Crippen LogP contribution < -0.4 is 16.0 Å². The Morgan fingerprint density at radius 3 is 2.78 bits per heavy atom. The number of urea groups is 1. The quantitative estimate of drug-likeness (QED) is 0.528. The third kappa shape index (κ3) is 5.99. The number of likely N-dealkylation sites (tertiary alicyclic amines) is 1. The molecule has 6 nitrogen and oxygen atoms in total. The van der Waals surface area contributed by atoms with E-state index in [0.717, 1.165) is 56.1 Å². The predicted molar refractivity (Wildman–Crippen MR) is 112 cm³/mol. The van der Waals surface area contributed by atoms with Crippen LogP contribution in [0.25, 0.3) is 0 Å². The smallest absolute Gasteiger partial charge is 0.321 e. The molecule has 0 saturated carbocycles. The first-order chi connectivity index (χ1) is 13.2. The van der Waals surface area contributed by atoms with Gasteiger partial charge < -0.3 is 20.9 Å². The summed E-state index contributed by atoms with van der Waals surface area (Å²) >= 11 is 1.77. The van der Waals surface area contributed by atoms with E-state index in [2.05, 4.69) is 38.5 Å². The molecule has 1 fully saturated rings. The maximum Gasteiger partial charge on any atom is 0.321 e. The minimum absolute atomic E-state index is 0.0105. The molecule has 3 rings (SSSR count). The molecule has 2 heterocycles. The summed E-state index contributed by atoms with van der Waals surface area (Å²) < 4.78 is 0. The monoisotopic (exact) mass is 385 g/mol. The molecule has 1 aliphatic heterocycles. The zero-order valence-corrected chi connectivity index (χ0v) is 16.5. The van der Waals surface area contributed by atoms with Gasteiger partial charge in [0.15, 0.2) is 5.96 Å². The van der Waals surface area contributed by atoms with Crippen molar-refractivity contribution in [1.82, 2.24) is 15.5 Å². The summed E-state index contributed by atoms with van der Waals surface area (Å²) in [5.74, 6) is 0.776. The Morgan fingerprint density at radius 1 is 1.19 bits per heavy atom. The van der Waals surface area contributed by atoms with E-state index in [4.69, 9.17) is 0 Å². The molecule has 0 unspecified atom stereocenters. The number of carbonyl (C=O) groups excluding carboxylic acids is 1. The van der Waals surface area contributed by atoms with Crippen molar-refractivity contribution in [2.75, 3.05) is 32.0 Å². The van der Waals surface area contributed by atoms with E-state index < -0.39 is 0 Å². The van der Waals surface area contributed by atoms with Crippen molar-refractivity contribution in [3.05, 3.63) is 52.2 Å². The Balaban J connectivity index is 1.45. The standard InChI is InChI=1S/C20H27N5OS/c1-21-19(22-10-9-18-8-5-13-27-18)23-15-16-6-4-7-17(14-16)24-20(26)25-11-2-3-12-25/h4-8,13-14H,2-3,9-12,15H2,1H3,(H,24,26)(H2,21,22,23). The van der Waals surface area contributed by atoms with Crippen molar-refractivity contribution in [2.45, 2.75) is 25.8 Å². The second-order valence-electron chi connectivity index (χ2n) is 6.51. The molecule has 2 amide bonds. The Morgan fingerprint density at radius 2 is 2.04 bits per heavy atom. The number of hydrogen-bond donors (Lipinski definition) is 3. The Hall–Kier alpha value is -2.54. The molecule has 0 atom stereocenters. The third-order valence-corrected chi connectivity index (χ3v) is 5.44. The Kier molecular flexibility index (Phi) is 7.10. The minimum Gasteiger partial charge on any atom is -0.356 e. The molecule has 144 valence electrons. The van der Waals surface area contributed by atoms with Gasteiger partial charge in [0.1, 0.15) is 0 Å². The first kappa shape index (κ1) is 19.2. The average molecular weight is 386 g/mol. The van der Waals surface area contributed by atoms with Crippen LogP contribution in [0.15, 0.2) is 46.8 Å². The van der Waals surface area contributed by atoms with Crippen LogP contribution in [0.4, 0.5) is 10.5 Å².